The molecule has 3 rings (SSSR count). The third kappa shape index (κ3) is 4.33. The molecule has 3 N–H and O–H groups in total. The Balaban J connectivity index is 0.00000300. The summed E-state index contributed by atoms with van der Waals surface area (Å²) in [5.41, 5.74) is 5.45. The molecule has 0 radical (unpaired) electrons. The van der Waals surface area contributed by atoms with Crippen molar-refractivity contribution in [2.45, 2.75) is 50.7 Å². The Hall–Kier alpha value is -2.32. The number of nitrogens with one attached hydrogen (secondary N) is 1. The van der Waals surface area contributed by atoms with Crippen molar-refractivity contribution in [2.75, 3.05) is 20.2 Å². The van der Waals surface area contributed by atoms with Crippen LogP contribution in [-0.2, 0) is 15.1 Å². The minimum atomic E-state index is -1.22. The third-order valence-electron chi connectivity index (χ3n) is 5.71. The van der Waals surface area contributed by atoms with Gasteiger partial charge in [0.15, 0.2) is 0 Å². The van der Waals surface area contributed by atoms with Crippen LogP contribution in [0.2, 0.25) is 0 Å². The van der Waals surface area contributed by atoms with Crippen LogP contribution in [-0.4, -0.2) is 59.9 Å². The van der Waals surface area contributed by atoms with E-state index in [1.54, 1.807) is 43.2 Å². The number of methoxy groups -OCH3 is 1. The van der Waals surface area contributed by atoms with Gasteiger partial charge >= 0.3 is 6.03 Å². The number of hydrogen-bond acceptors (Lipinski definition) is 5. The number of nitrogens with zero attached hydrogens (tertiary/aromatic N) is 2. The van der Waals surface area contributed by atoms with Crippen LogP contribution >= 0.6 is 12.4 Å². The summed E-state index contributed by atoms with van der Waals surface area (Å²) in [6, 6.07) is 6.15. The summed E-state index contributed by atoms with van der Waals surface area (Å²) in [7, 11) is 1.56. The van der Waals surface area contributed by atoms with Crippen LogP contribution in [0.3, 0.4) is 0 Å². The summed E-state index contributed by atoms with van der Waals surface area (Å²) >= 11 is 0. The summed E-state index contributed by atoms with van der Waals surface area (Å²) < 4.78 is 5.14. The number of imide groups is 1. The maximum atomic E-state index is 13.0. The molecule has 9 heteroatoms. The number of amides is 4. The van der Waals surface area contributed by atoms with Crippen LogP contribution < -0.4 is 15.8 Å². The molecule has 1 aromatic rings. The first-order valence-electron chi connectivity index (χ1n) is 9.61. The van der Waals surface area contributed by atoms with E-state index < -0.39 is 17.5 Å². The minimum Gasteiger partial charge on any atom is -0.497 e. The van der Waals surface area contributed by atoms with E-state index >= 15 is 0 Å². The molecular formula is C20H29ClN4O4. The number of carbonyl (C=O) groups excluding carboxylic acids is 3. The van der Waals surface area contributed by atoms with E-state index in [0.29, 0.717) is 17.9 Å². The zero-order chi connectivity index (χ0) is 20.5. The number of nitrogens with two attached hydrogens (primary N) is 1. The second-order valence-corrected chi connectivity index (χ2v) is 7.68. The number of likely N-dealkylation sites (tertiary alicyclic amines) is 1. The zero-order valence-electron chi connectivity index (χ0n) is 17.0. The van der Waals surface area contributed by atoms with Gasteiger partial charge in [0, 0.05) is 18.6 Å². The van der Waals surface area contributed by atoms with Gasteiger partial charge in [0.25, 0.3) is 5.91 Å². The quantitative estimate of drug-likeness (QED) is 0.698. The van der Waals surface area contributed by atoms with Gasteiger partial charge in [-0.25, -0.2) is 4.79 Å². The molecule has 4 amide bonds. The Bertz CT molecular complexity index is 770. The summed E-state index contributed by atoms with van der Waals surface area (Å²) in [5.74, 6) is -0.0296. The predicted molar refractivity (Wildman–Crippen MR) is 111 cm³/mol. The Kier molecular flexibility index (Phi) is 7.13. The van der Waals surface area contributed by atoms with E-state index in [4.69, 9.17) is 10.5 Å². The average Bonchev–Trinajstić information content (AvgIpc) is 2.92. The number of piperidine rings is 1. The lowest BCUT2D eigenvalue weighted by molar-refractivity contribution is -0.141. The molecule has 2 heterocycles. The lowest BCUT2D eigenvalue weighted by Crippen LogP contribution is -2.54. The SMILES string of the molecule is COc1ccc(C2(C)NC(=O)N(CC(=O)N3CCCCC3C(C)N)C2=O)cc1.Cl. The first-order chi connectivity index (χ1) is 13.3. The number of hydrogen-bond donors (Lipinski definition) is 2. The number of urea groups is 1. The number of benzene rings is 1. The molecule has 2 fully saturated rings. The van der Waals surface area contributed by atoms with Gasteiger partial charge in [-0.2, -0.15) is 0 Å². The minimum absolute atomic E-state index is 0. The van der Waals surface area contributed by atoms with Crippen molar-refractivity contribution in [3.05, 3.63) is 29.8 Å². The second kappa shape index (κ2) is 9.00. The lowest BCUT2D eigenvalue weighted by atomic mass is 9.92. The van der Waals surface area contributed by atoms with Gasteiger partial charge in [0.1, 0.15) is 17.8 Å². The van der Waals surface area contributed by atoms with E-state index in [2.05, 4.69) is 5.32 Å². The Morgan fingerprint density at radius 2 is 1.97 bits per heavy atom. The van der Waals surface area contributed by atoms with Crippen LogP contribution in [0, 0.1) is 0 Å². The van der Waals surface area contributed by atoms with Crippen LogP contribution in [0.25, 0.3) is 0 Å². The van der Waals surface area contributed by atoms with Gasteiger partial charge in [-0.3, -0.25) is 14.5 Å². The van der Waals surface area contributed by atoms with Crippen LogP contribution in [0.5, 0.6) is 5.75 Å². The van der Waals surface area contributed by atoms with Crippen LogP contribution in [0.1, 0.15) is 38.7 Å². The van der Waals surface area contributed by atoms with Gasteiger partial charge in [-0.1, -0.05) is 12.1 Å². The normalized spacial score (nSPS) is 25.3. The summed E-state index contributed by atoms with van der Waals surface area (Å²) in [5, 5.41) is 2.73. The summed E-state index contributed by atoms with van der Waals surface area (Å²) in [6.45, 7) is 3.85. The second-order valence-electron chi connectivity index (χ2n) is 7.68. The average molecular weight is 425 g/mol. The van der Waals surface area contributed by atoms with E-state index in [-0.39, 0.29) is 36.9 Å². The summed E-state index contributed by atoms with van der Waals surface area (Å²) in [6.07, 6.45) is 2.76. The number of ether oxygens (including phenoxy) is 1. The third-order valence-corrected chi connectivity index (χ3v) is 5.71. The van der Waals surface area contributed by atoms with Crippen molar-refractivity contribution in [3.63, 3.8) is 0 Å². The molecule has 0 aliphatic carbocycles. The van der Waals surface area contributed by atoms with E-state index in [1.165, 1.54) is 0 Å². The highest BCUT2D eigenvalue weighted by Gasteiger charge is 2.50. The molecule has 2 aliphatic heterocycles. The molecule has 2 aliphatic rings. The first kappa shape index (κ1) is 23.0. The molecule has 29 heavy (non-hydrogen) atoms. The van der Waals surface area contributed by atoms with Crippen molar-refractivity contribution in [1.29, 1.82) is 0 Å². The molecular weight excluding hydrogens is 396 g/mol. The Labute approximate surface area is 177 Å². The van der Waals surface area contributed by atoms with Crippen LogP contribution in [0.4, 0.5) is 4.79 Å². The molecule has 2 saturated heterocycles. The monoisotopic (exact) mass is 424 g/mol. The molecule has 0 spiro atoms. The first-order valence-corrected chi connectivity index (χ1v) is 9.61. The lowest BCUT2D eigenvalue weighted by Gasteiger charge is -2.38. The maximum absolute atomic E-state index is 13.0. The van der Waals surface area contributed by atoms with Crippen molar-refractivity contribution < 1.29 is 19.1 Å². The van der Waals surface area contributed by atoms with Crippen molar-refractivity contribution in [2.24, 2.45) is 5.73 Å². The van der Waals surface area contributed by atoms with E-state index in [9.17, 15) is 14.4 Å². The Morgan fingerprint density at radius 1 is 1.31 bits per heavy atom. The van der Waals surface area contributed by atoms with Crippen molar-refractivity contribution >= 4 is 30.3 Å². The predicted octanol–water partition coefficient (Wildman–Crippen LogP) is 1.61. The molecule has 0 bridgehead atoms. The standard InChI is InChI=1S/C20H28N4O4.ClH/c1-13(21)16-6-4-5-11-23(16)17(25)12-24-18(26)20(2,22-19(24)27)14-7-9-15(28-3)10-8-14;/h7-10,13,16H,4-6,11-12,21H2,1-3H3,(H,22,27);1H. The fourth-order valence-electron chi connectivity index (χ4n) is 4.00. The molecule has 3 unspecified atom stereocenters. The van der Waals surface area contributed by atoms with Crippen LogP contribution in [0.15, 0.2) is 24.3 Å². The fraction of sp³-hybridized carbons (Fsp3) is 0.550. The zero-order valence-corrected chi connectivity index (χ0v) is 17.8. The number of rotatable bonds is 5. The molecule has 3 atom stereocenters. The highest BCUT2D eigenvalue weighted by Crippen LogP contribution is 2.30. The number of halogens is 1. The van der Waals surface area contributed by atoms with Gasteiger partial charge in [0.2, 0.25) is 5.91 Å². The Morgan fingerprint density at radius 3 is 2.55 bits per heavy atom. The van der Waals surface area contributed by atoms with Gasteiger partial charge in [0.05, 0.1) is 7.11 Å². The molecule has 8 nitrogen and oxygen atoms in total. The smallest absolute Gasteiger partial charge is 0.325 e. The van der Waals surface area contributed by atoms with Gasteiger partial charge in [-0.05, 0) is 50.8 Å². The van der Waals surface area contributed by atoms with Crippen molar-refractivity contribution in [3.8, 4) is 5.75 Å². The van der Waals surface area contributed by atoms with E-state index in [0.717, 1.165) is 24.2 Å². The molecule has 0 saturated carbocycles. The highest BCUT2D eigenvalue weighted by atomic mass is 35.5. The maximum Gasteiger partial charge on any atom is 0.325 e. The van der Waals surface area contributed by atoms with Gasteiger partial charge in [-0.15, -0.1) is 12.4 Å². The largest absolute Gasteiger partial charge is 0.497 e. The summed E-state index contributed by atoms with van der Waals surface area (Å²) in [4.78, 5) is 41.1. The highest BCUT2D eigenvalue weighted by molar-refractivity contribution is 6.09. The molecule has 160 valence electrons. The fourth-order valence-corrected chi connectivity index (χ4v) is 4.00. The van der Waals surface area contributed by atoms with E-state index in [1.807, 2.05) is 6.92 Å². The topological polar surface area (TPSA) is 105 Å². The van der Waals surface area contributed by atoms with Crippen molar-refractivity contribution in [1.82, 2.24) is 15.1 Å². The van der Waals surface area contributed by atoms with Gasteiger partial charge < -0.3 is 20.7 Å². The molecule has 0 aromatic heterocycles. The number of carbonyl (C=O) groups is 3. The molecule has 1 aromatic carbocycles.